The molecule has 15 heavy (non-hydrogen) atoms. The van der Waals surface area contributed by atoms with E-state index in [0.717, 1.165) is 25.9 Å². The number of nitrogens with zero attached hydrogens (tertiary/aromatic N) is 1. The van der Waals surface area contributed by atoms with E-state index in [0.29, 0.717) is 6.42 Å². The van der Waals surface area contributed by atoms with E-state index in [9.17, 15) is 4.79 Å². The lowest BCUT2D eigenvalue weighted by molar-refractivity contribution is 0.184. The minimum Gasteiger partial charge on any atom is -0.386 e. The Labute approximate surface area is 90.5 Å². The summed E-state index contributed by atoms with van der Waals surface area (Å²) in [6, 6.07) is -0.406. The van der Waals surface area contributed by atoms with Crippen molar-refractivity contribution in [2.45, 2.75) is 38.6 Å². The lowest BCUT2D eigenvalue weighted by Crippen LogP contribution is -2.50. The number of carbonyl (C=O) groups excluding carboxylic acids is 1. The summed E-state index contributed by atoms with van der Waals surface area (Å²) in [5, 5.41) is 10.1. The summed E-state index contributed by atoms with van der Waals surface area (Å²) in [7, 11) is 0. The van der Waals surface area contributed by atoms with Crippen LogP contribution in [-0.4, -0.2) is 35.9 Å². The van der Waals surface area contributed by atoms with Crippen LogP contribution >= 0.6 is 0 Å². The Morgan fingerprint density at radius 2 is 2.07 bits per heavy atom. The fourth-order valence-corrected chi connectivity index (χ4v) is 1.74. The van der Waals surface area contributed by atoms with Crippen molar-refractivity contribution in [3.05, 3.63) is 0 Å². The van der Waals surface area contributed by atoms with E-state index < -0.39 is 0 Å². The molecule has 0 aromatic carbocycles. The summed E-state index contributed by atoms with van der Waals surface area (Å²) in [6.07, 6.45) is 4.01. The Morgan fingerprint density at radius 1 is 1.47 bits per heavy atom. The maximum atomic E-state index is 11.7. The fraction of sp³-hybridized carbons (Fsp3) is 0.800. The molecular weight excluding hydrogens is 192 g/mol. The summed E-state index contributed by atoms with van der Waals surface area (Å²) in [5.41, 5.74) is 5.38. The second-order valence-electron chi connectivity index (χ2n) is 3.91. The van der Waals surface area contributed by atoms with Gasteiger partial charge in [-0.3, -0.25) is 5.41 Å². The van der Waals surface area contributed by atoms with Gasteiger partial charge in [-0.15, -0.1) is 0 Å². The van der Waals surface area contributed by atoms with Crippen LogP contribution in [0.4, 0.5) is 4.79 Å². The number of carbonyl (C=O) groups is 1. The topological polar surface area (TPSA) is 82.2 Å². The normalized spacial score (nSPS) is 18.3. The smallest absolute Gasteiger partial charge is 0.317 e. The lowest BCUT2D eigenvalue weighted by Gasteiger charge is -2.28. The maximum Gasteiger partial charge on any atom is 0.317 e. The average molecular weight is 212 g/mol. The van der Waals surface area contributed by atoms with Gasteiger partial charge in [0.25, 0.3) is 0 Å². The van der Waals surface area contributed by atoms with Crippen LogP contribution in [0, 0.1) is 5.41 Å². The number of nitrogens with two attached hydrogens (primary N) is 1. The highest BCUT2D eigenvalue weighted by atomic mass is 16.2. The summed E-state index contributed by atoms with van der Waals surface area (Å²) in [5.74, 6) is 0.0304. The standard InChI is InChI=1S/C10H20N4O/c1-2-8(9(11)12)13-10(15)14-6-4-3-5-7-14/h8H,2-7H2,1H3,(H3,11,12)(H,13,15). The molecule has 0 aromatic heterocycles. The monoisotopic (exact) mass is 212 g/mol. The summed E-state index contributed by atoms with van der Waals surface area (Å²) < 4.78 is 0. The first kappa shape index (κ1) is 11.8. The van der Waals surface area contributed by atoms with Crippen LogP contribution in [0.5, 0.6) is 0 Å². The first-order chi connectivity index (χ1) is 7.15. The number of piperidine rings is 1. The Balaban J connectivity index is 2.42. The van der Waals surface area contributed by atoms with Crippen LogP contribution in [0.15, 0.2) is 0 Å². The van der Waals surface area contributed by atoms with E-state index >= 15 is 0 Å². The Bertz CT molecular complexity index is 236. The number of hydrogen-bond acceptors (Lipinski definition) is 2. The highest BCUT2D eigenvalue weighted by Crippen LogP contribution is 2.08. The molecular formula is C10H20N4O. The molecule has 0 radical (unpaired) electrons. The number of hydrogen-bond donors (Lipinski definition) is 3. The Hall–Kier alpha value is -1.26. The predicted molar refractivity (Wildman–Crippen MR) is 59.9 cm³/mol. The quantitative estimate of drug-likeness (QED) is 0.480. The molecule has 1 unspecified atom stereocenters. The van der Waals surface area contributed by atoms with E-state index in [4.69, 9.17) is 11.1 Å². The van der Waals surface area contributed by atoms with Crippen LogP contribution in [0.3, 0.4) is 0 Å². The molecule has 0 spiro atoms. The van der Waals surface area contributed by atoms with Crippen molar-refractivity contribution in [2.75, 3.05) is 13.1 Å². The molecule has 0 saturated carbocycles. The van der Waals surface area contributed by atoms with Crippen LogP contribution in [0.1, 0.15) is 32.6 Å². The van der Waals surface area contributed by atoms with Crippen molar-refractivity contribution in [3.63, 3.8) is 0 Å². The van der Waals surface area contributed by atoms with Gasteiger partial charge in [0.05, 0.1) is 6.04 Å². The second kappa shape index (κ2) is 5.58. The predicted octanol–water partition coefficient (Wildman–Crippen LogP) is 0.896. The van der Waals surface area contributed by atoms with Gasteiger partial charge in [-0.05, 0) is 25.7 Å². The minimum absolute atomic E-state index is 0.0304. The minimum atomic E-state index is -0.320. The summed E-state index contributed by atoms with van der Waals surface area (Å²) >= 11 is 0. The van der Waals surface area contributed by atoms with E-state index in [2.05, 4.69) is 5.32 Å². The molecule has 5 nitrogen and oxygen atoms in total. The highest BCUT2D eigenvalue weighted by molar-refractivity contribution is 5.87. The third kappa shape index (κ3) is 3.42. The van der Waals surface area contributed by atoms with E-state index in [1.807, 2.05) is 6.92 Å². The highest BCUT2D eigenvalue weighted by Gasteiger charge is 2.19. The Morgan fingerprint density at radius 3 is 2.53 bits per heavy atom. The molecule has 4 N–H and O–H groups in total. The zero-order valence-electron chi connectivity index (χ0n) is 9.25. The van der Waals surface area contributed by atoms with E-state index in [1.165, 1.54) is 6.42 Å². The number of rotatable bonds is 3. The number of likely N-dealkylation sites (tertiary alicyclic amines) is 1. The van der Waals surface area contributed by atoms with Gasteiger partial charge in [0, 0.05) is 13.1 Å². The molecule has 5 heteroatoms. The maximum absolute atomic E-state index is 11.7. The largest absolute Gasteiger partial charge is 0.386 e. The second-order valence-corrected chi connectivity index (χ2v) is 3.91. The molecule has 2 amide bonds. The van der Waals surface area contributed by atoms with Crippen molar-refractivity contribution in [3.8, 4) is 0 Å². The van der Waals surface area contributed by atoms with Gasteiger partial charge in [-0.2, -0.15) is 0 Å². The van der Waals surface area contributed by atoms with E-state index in [1.54, 1.807) is 4.90 Å². The van der Waals surface area contributed by atoms with Crippen molar-refractivity contribution < 1.29 is 4.79 Å². The van der Waals surface area contributed by atoms with Gasteiger partial charge in [0.2, 0.25) is 0 Å². The number of amidine groups is 1. The number of nitrogens with one attached hydrogen (secondary N) is 2. The molecule has 1 saturated heterocycles. The zero-order chi connectivity index (χ0) is 11.3. The van der Waals surface area contributed by atoms with Gasteiger partial charge in [-0.25, -0.2) is 4.79 Å². The van der Waals surface area contributed by atoms with Crippen LogP contribution in [0.2, 0.25) is 0 Å². The van der Waals surface area contributed by atoms with Crippen molar-refractivity contribution in [2.24, 2.45) is 5.73 Å². The SMILES string of the molecule is CCC(NC(=O)N1CCCCC1)C(=N)N. The van der Waals surface area contributed by atoms with Crippen LogP contribution in [-0.2, 0) is 0 Å². The number of amides is 2. The lowest BCUT2D eigenvalue weighted by atomic mass is 10.1. The third-order valence-electron chi connectivity index (χ3n) is 2.72. The molecule has 1 rings (SSSR count). The average Bonchev–Trinajstić information content (AvgIpc) is 2.26. The van der Waals surface area contributed by atoms with Crippen molar-refractivity contribution in [1.29, 1.82) is 5.41 Å². The molecule has 0 aromatic rings. The molecule has 1 aliphatic rings. The number of urea groups is 1. The molecule has 1 atom stereocenters. The molecule has 86 valence electrons. The van der Waals surface area contributed by atoms with Gasteiger partial charge >= 0.3 is 6.03 Å². The van der Waals surface area contributed by atoms with Crippen LogP contribution in [0.25, 0.3) is 0 Å². The van der Waals surface area contributed by atoms with Gasteiger partial charge < -0.3 is 16.0 Å². The summed E-state index contributed by atoms with van der Waals surface area (Å²) in [6.45, 7) is 3.54. The molecule has 0 bridgehead atoms. The van der Waals surface area contributed by atoms with E-state index in [-0.39, 0.29) is 17.9 Å². The van der Waals surface area contributed by atoms with Crippen LogP contribution < -0.4 is 11.1 Å². The zero-order valence-corrected chi connectivity index (χ0v) is 9.25. The first-order valence-electron chi connectivity index (χ1n) is 5.54. The molecule has 1 heterocycles. The fourth-order valence-electron chi connectivity index (χ4n) is 1.74. The van der Waals surface area contributed by atoms with Gasteiger partial charge in [0.1, 0.15) is 5.84 Å². The molecule has 1 aliphatic heterocycles. The third-order valence-corrected chi connectivity index (χ3v) is 2.72. The van der Waals surface area contributed by atoms with Crippen molar-refractivity contribution in [1.82, 2.24) is 10.2 Å². The molecule has 0 aliphatic carbocycles. The van der Waals surface area contributed by atoms with Gasteiger partial charge in [0.15, 0.2) is 0 Å². The Kier molecular flexibility index (Phi) is 4.39. The van der Waals surface area contributed by atoms with Gasteiger partial charge in [-0.1, -0.05) is 6.92 Å². The summed E-state index contributed by atoms with van der Waals surface area (Å²) in [4.78, 5) is 13.5. The van der Waals surface area contributed by atoms with Crippen molar-refractivity contribution >= 4 is 11.9 Å². The first-order valence-corrected chi connectivity index (χ1v) is 5.54. The molecule has 1 fully saturated rings.